The van der Waals surface area contributed by atoms with Crippen LogP contribution in [0, 0.1) is 6.92 Å². The third-order valence-electron chi connectivity index (χ3n) is 4.77. The molecule has 0 saturated heterocycles. The van der Waals surface area contributed by atoms with Crippen molar-refractivity contribution in [3.05, 3.63) is 65.2 Å². The van der Waals surface area contributed by atoms with Gasteiger partial charge in [0.2, 0.25) is 0 Å². The number of hydrogen-bond acceptors (Lipinski definition) is 4. The summed E-state index contributed by atoms with van der Waals surface area (Å²) in [5.74, 6) is -0.0404. The van der Waals surface area contributed by atoms with Gasteiger partial charge in [0.15, 0.2) is 5.13 Å². The van der Waals surface area contributed by atoms with Crippen molar-refractivity contribution in [3.8, 4) is 0 Å². The van der Waals surface area contributed by atoms with Crippen LogP contribution in [0.2, 0.25) is 5.02 Å². The number of thiophene rings is 1. The van der Waals surface area contributed by atoms with Crippen molar-refractivity contribution in [2.75, 3.05) is 5.32 Å². The highest BCUT2D eigenvalue weighted by Crippen LogP contribution is 2.32. The molecule has 0 atom stereocenters. The van der Waals surface area contributed by atoms with E-state index in [-0.39, 0.29) is 5.91 Å². The molecule has 0 bridgehead atoms. The molecule has 27 heavy (non-hydrogen) atoms. The minimum atomic E-state index is -0.0404. The maximum Gasteiger partial charge on any atom is 0.258 e. The quantitative estimate of drug-likeness (QED) is 0.453. The minimum absolute atomic E-state index is 0.0404. The number of benzene rings is 1. The van der Waals surface area contributed by atoms with Crippen LogP contribution in [0.4, 0.5) is 5.13 Å². The standard InChI is InChI=1S/C20H18BrClN2OS2/c1-11-18(9-12-6-7-15(21)16(22)8-12)27-20(23-11)24-19(25)14-10-26-17-5-3-2-4-13(14)17/h6-8,10H,2-5,9H2,1H3,(H,23,24,25). The van der Waals surface area contributed by atoms with Crippen LogP contribution in [0.25, 0.3) is 0 Å². The van der Waals surface area contributed by atoms with Crippen molar-refractivity contribution in [1.82, 2.24) is 4.98 Å². The number of thiazole rings is 1. The second kappa shape index (κ2) is 8.03. The topological polar surface area (TPSA) is 42.0 Å². The Hall–Kier alpha value is -1.21. The van der Waals surface area contributed by atoms with E-state index in [0.717, 1.165) is 45.4 Å². The van der Waals surface area contributed by atoms with Gasteiger partial charge in [-0.3, -0.25) is 10.1 Å². The van der Waals surface area contributed by atoms with E-state index in [1.165, 1.54) is 34.6 Å². The zero-order valence-electron chi connectivity index (χ0n) is 14.8. The molecule has 0 fully saturated rings. The summed E-state index contributed by atoms with van der Waals surface area (Å²) in [5.41, 5.74) is 4.13. The van der Waals surface area contributed by atoms with Crippen molar-refractivity contribution in [2.24, 2.45) is 0 Å². The van der Waals surface area contributed by atoms with E-state index >= 15 is 0 Å². The summed E-state index contributed by atoms with van der Waals surface area (Å²) < 4.78 is 0.890. The molecule has 2 aromatic heterocycles. The molecule has 0 radical (unpaired) electrons. The second-order valence-corrected chi connectivity index (χ2v) is 9.97. The van der Waals surface area contributed by atoms with Crippen molar-refractivity contribution >= 4 is 61.2 Å². The van der Waals surface area contributed by atoms with E-state index in [1.807, 2.05) is 30.5 Å². The summed E-state index contributed by atoms with van der Waals surface area (Å²) in [5, 5.41) is 6.36. The van der Waals surface area contributed by atoms with Gasteiger partial charge in [-0.1, -0.05) is 17.7 Å². The number of amides is 1. The van der Waals surface area contributed by atoms with Crippen molar-refractivity contribution in [2.45, 2.75) is 39.0 Å². The van der Waals surface area contributed by atoms with Crippen molar-refractivity contribution < 1.29 is 4.79 Å². The number of carbonyl (C=O) groups excluding carboxylic acids is 1. The first-order valence-electron chi connectivity index (χ1n) is 8.82. The van der Waals surface area contributed by atoms with Gasteiger partial charge in [-0.25, -0.2) is 4.98 Å². The molecule has 0 spiro atoms. The number of carbonyl (C=O) groups is 1. The summed E-state index contributed by atoms with van der Waals surface area (Å²) in [7, 11) is 0. The lowest BCUT2D eigenvalue weighted by Gasteiger charge is -2.12. The first-order chi connectivity index (χ1) is 13.0. The van der Waals surface area contributed by atoms with Crippen LogP contribution in [0.3, 0.4) is 0 Å². The molecule has 140 valence electrons. The molecule has 0 saturated carbocycles. The second-order valence-electron chi connectivity index (χ2n) is 6.67. The number of nitrogens with one attached hydrogen (secondary N) is 1. The normalized spacial score (nSPS) is 13.4. The van der Waals surface area contributed by atoms with Gasteiger partial charge in [-0.05, 0) is 71.8 Å². The smallest absolute Gasteiger partial charge is 0.258 e. The van der Waals surface area contributed by atoms with Gasteiger partial charge in [-0.2, -0.15) is 0 Å². The van der Waals surface area contributed by atoms with E-state index in [1.54, 1.807) is 11.3 Å². The van der Waals surface area contributed by atoms with Crippen LogP contribution in [0.1, 0.15) is 49.8 Å². The fourth-order valence-electron chi connectivity index (χ4n) is 3.33. The number of nitrogens with zero attached hydrogens (tertiary/aromatic N) is 1. The van der Waals surface area contributed by atoms with Crippen LogP contribution in [0.5, 0.6) is 0 Å². The van der Waals surface area contributed by atoms with Gasteiger partial charge in [0, 0.05) is 26.0 Å². The van der Waals surface area contributed by atoms with Gasteiger partial charge in [0.05, 0.1) is 16.3 Å². The molecule has 3 aromatic rings. The fraction of sp³-hybridized carbons (Fsp3) is 0.300. The van der Waals surface area contributed by atoms with E-state index in [0.29, 0.717) is 10.2 Å². The van der Waals surface area contributed by atoms with Gasteiger partial charge >= 0.3 is 0 Å². The molecule has 4 rings (SSSR count). The van der Waals surface area contributed by atoms with E-state index in [9.17, 15) is 4.79 Å². The zero-order chi connectivity index (χ0) is 19.0. The summed E-state index contributed by atoms with van der Waals surface area (Å²) in [4.78, 5) is 19.8. The molecular weight excluding hydrogens is 464 g/mol. The Labute approximate surface area is 179 Å². The third kappa shape index (κ3) is 4.14. The van der Waals surface area contributed by atoms with Crippen LogP contribution in [-0.2, 0) is 19.3 Å². The Morgan fingerprint density at radius 2 is 2.15 bits per heavy atom. The Balaban J connectivity index is 1.50. The maximum absolute atomic E-state index is 12.7. The molecule has 1 aromatic carbocycles. The summed E-state index contributed by atoms with van der Waals surface area (Å²) in [6.07, 6.45) is 5.25. The molecule has 3 nitrogen and oxygen atoms in total. The summed E-state index contributed by atoms with van der Waals surface area (Å²) in [6.45, 7) is 1.98. The van der Waals surface area contributed by atoms with Crippen LogP contribution in [0.15, 0.2) is 28.1 Å². The molecule has 1 amide bonds. The number of anilines is 1. The number of halogens is 2. The number of aryl methyl sites for hydroxylation is 2. The van der Waals surface area contributed by atoms with E-state index < -0.39 is 0 Å². The van der Waals surface area contributed by atoms with E-state index in [2.05, 4.69) is 26.2 Å². The predicted molar refractivity (Wildman–Crippen MR) is 118 cm³/mol. The molecule has 7 heteroatoms. The highest BCUT2D eigenvalue weighted by atomic mass is 79.9. The van der Waals surface area contributed by atoms with Crippen LogP contribution >= 0.6 is 50.2 Å². The average Bonchev–Trinajstić information content (AvgIpc) is 3.22. The first kappa shape index (κ1) is 19.1. The van der Waals surface area contributed by atoms with Crippen molar-refractivity contribution in [1.29, 1.82) is 0 Å². The van der Waals surface area contributed by atoms with Crippen molar-refractivity contribution in [3.63, 3.8) is 0 Å². The number of rotatable bonds is 4. The van der Waals surface area contributed by atoms with E-state index in [4.69, 9.17) is 11.6 Å². The van der Waals surface area contributed by atoms with Gasteiger partial charge in [-0.15, -0.1) is 22.7 Å². The van der Waals surface area contributed by atoms with Gasteiger partial charge in [0.25, 0.3) is 5.91 Å². The third-order valence-corrected chi connectivity index (χ3v) is 8.16. The summed E-state index contributed by atoms with van der Waals surface area (Å²) >= 11 is 12.9. The molecule has 0 aliphatic heterocycles. The largest absolute Gasteiger partial charge is 0.298 e. The maximum atomic E-state index is 12.7. The molecule has 2 heterocycles. The summed E-state index contributed by atoms with van der Waals surface area (Å²) in [6, 6.07) is 5.96. The lowest BCUT2D eigenvalue weighted by molar-refractivity contribution is 0.102. The molecular formula is C20H18BrClN2OS2. The molecule has 1 aliphatic carbocycles. The zero-order valence-corrected chi connectivity index (χ0v) is 18.7. The predicted octanol–water partition coefficient (Wildman–Crippen LogP) is 6.65. The average molecular weight is 482 g/mol. The highest BCUT2D eigenvalue weighted by molar-refractivity contribution is 9.10. The minimum Gasteiger partial charge on any atom is -0.298 e. The molecule has 0 unspecified atom stereocenters. The Bertz CT molecular complexity index is 1010. The highest BCUT2D eigenvalue weighted by Gasteiger charge is 2.21. The Morgan fingerprint density at radius 1 is 1.33 bits per heavy atom. The number of fused-ring (bicyclic) bond motifs is 1. The number of aromatic nitrogens is 1. The lowest BCUT2D eigenvalue weighted by Crippen LogP contribution is -2.14. The van der Waals surface area contributed by atoms with Crippen LogP contribution in [-0.4, -0.2) is 10.9 Å². The Morgan fingerprint density at radius 3 is 2.96 bits per heavy atom. The van der Waals surface area contributed by atoms with Gasteiger partial charge < -0.3 is 0 Å². The number of hydrogen-bond donors (Lipinski definition) is 1. The first-order valence-corrected chi connectivity index (χ1v) is 11.7. The van der Waals surface area contributed by atoms with Gasteiger partial charge in [0.1, 0.15) is 0 Å². The molecule has 1 aliphatic rings. The Kier molecular flexibility index (Phi) is 5.69. The monoisotopic (exact) mass is 480 g/mol. The lowest BCUT2D eigenvalue weighted by atomic mass is 9.96. The molecule has 1 N–H and O–H groups in total. The SMILES string of the molecule is Cc1nc(NC(=O)c2csc3c2CCCC3)sc1Cc1ccc(Br)c(Cl)c1. The fourth-order valence-corrected chi connectivity index (χ4v) is 5.90. The van der Waals surface area contributed by atoms with Crippen LogP contribution < -0.4 is 5.32 Å².